The number of likely N-dealkylation sites (N-methyl/N-ethyl adjacent to an activating group) is 1. The third-order valence-corrected chi connectivity index (χ3v) is 10.8. The van der Waals surface area contributed by atoms with Crippen molar-refractivity contribution in [2.45, 2.75) is 52.2 Å². The van der Waals surface area contributed by atoms with Crippen LogP contribution >= 0.6 is 22.9 Å². The lowest BCUT2D eigenvalue weighted by atomic mass is 10.0. The van der Waals surface area contributed by atoms with Crippen molar-refractivity contribution in [2.75, 3.05) is 31.6 Å². The van der Waals surface area contributed by atoms with Crippen LogP contribution in [-0.4, -0.2) is 74.3 Å². The Morgan fingerprint density at radius 3 is 2.60 bits per heavy atom. The zero-order valence-corrected chi connectivity index (χ0v) is 27.9. The highest BCUT2D eigenvalue weighted by Gasteiger charge is 2.39. The number of carboxylic acid groups (broad SMARTS) is 1. The Kier molecular flexibility index (Phi) is 7.86. The first-order chi connectivity index (χ1) is 22.5. The fourth-order valence-electron chi connectivity index (χ4n) is 7.05. The third kappa shape index (κ3) is 5.28. The Balaban J connectivity index is 1.22. The number of aryl methyl sites for hydroxylation is 3. The van der Waals surface area contributed by atoms with Gasteiger partial charge in [-0.05, 0) is 64.9 Å². The topological polar surface area (TPSA) is 137 Å². The molecule has 2 aliphatic heterocycles. The molecular formula is C34H32ClN7O4S. The lowest BCUT2D eigenvalue weighted by Gasteiger charge is -2.39. The maximum Gasteiger partial charge on any atom is 0.339 e. The van der Waals surface area contributed by atoms with Gasteiger partial charge in [-0.25, -0.2) is 14.8 Å². The highest BCUT2D eigenvalue weighted by molar-refractivity contribution is 7.20. The average Bonchev–Trinajstić information content (AvgIpc) is 3.45. The van der Waals surface area contributed by atoms with Gasteiger partial charge in [-0.15, -0.1) is 11.3 Å². The zero-order chi connectivity index (χ0) is 33.1. The standard InChI is InChI=1S/C34H32ClN7O4S/c1-17-11-24(31-30(38-17)28(34(44)45)18(2)47-31)23-12-20(35)5-8-27(23)46-10-9-42-19(3)39-26-14-37-32(25(13-36)29(26)33(42)43)41-15-21-6-7-22(16-41)40(21)4/h5,8,11-12,14,21-22H,6-7,9-10,15-16H2,1-4H3,(H,44,45). The van der Waals surface area contributed by atoms with Crippen LogP contribution in [0.3, 0.4) is 0 Å². The number of piperazine rings is 1. The number of aromatic carboxylic acids is 1. The number of pyridine rings is 2. The monoisotopic (exact) mass is 669 g/mol. The summed E-state index contributed by atoms with van der Waals surface area (Å²) in [7, 11) is 2.15. The Morgan fingerprint density at radius 1 is 1.15 bits per heavy atom. The van der Waals surface area contributed by atoms with Crippen molar-refractivity contribution in [1.82, 2.24) is 24.4 Å². The summed E-state index contributed by atoms with van der Waals surface area (Å²) < 4.78 is 8.55. The molecule has 2 bridgehead atoms. The number of rotatable bonds is 7. The smallest absolute Gasteiger partial charge is 0.339 e. The molecule has 4 aromatic heterocycles. The molecule has 7 rings (SSSR count). The number of nitriles is 1. The van der Waals surface area contributed by atoms with Crippen LogP contribution in [0.2, 0.25) is 5.02 Å². The number of halogens is 1. The predicted molar refractivity (Wildman–Crippen MR) is 182 cm³/mol. The first kappa shape index (κ1) is 31.1. The van der Waals surface area contributed by atoms with Crippen LogP contribution in [0.1, 0.15) is 45.2 Å². The van der Waals surface area contributed by atoms with Gasteiger partial charge in [-0.2, -0.15) is 5.26 Å². The molecule has 2 fully saturated rings. The summed E-state index contributed by atoms with van der Waals surface area (Å²) in [5, 5.41) is 20.9. The van der Waals surface area contributed by atoms with Crippen LogP contribution in [0, 0.1) is 32.1 Å². The van der Waals surface area contributed by atoms with Gasteiger partial charge in [0, 0.05) is 51.9 Å². The van der Waals surface area contributed by atoms with Gasteiger partial charge in [-0.3, -0.25) is 19.2 Å². The molecule has 5 aromatic rings. The second-order valence-electron chi connectivity index (χ2n) is 12.2. The van der Waals surface area contributed by atoms with Crippen molar-refractivity contribution < 1.29 is 14.6 Å². The highest BCUT2D eigenvalue weighted by Crippen LogP contribution is 2.42. The quantitative estimate of drug-likeness (QED) is 0.234. The summed E-state index contributed by atoms with van der Waals surface area (Å²) in [5.74, 6) is 0.524. The van der Waals surface area contributed by atoms with E-state index in [0.717, 1.165) is 36.2 Å². The SMILES string of the molecule is Cc1cc(-c2cc(Cl)ccc2OCCn2c(C)nc3cnc(N4CC5CCC(C4)N5C)c(C#N)c3c2=O)c2sc(C)c(C(=O)O)c2n1. The molecule has 6 heterocycles. The van der Waals surface area contributed by atoms with E-state index in [4.69, 9.17) is 16.3 Å². The van der Waals surface area contributed by atoms with Crippen LogP contribution in [0.4, 0.5) is 5.82 Å². The Labute approximate surface area is 279 Å². The average molecular weight is 670 g/mol. The van der Waals surface area contributed by atoms with Crippen molar-refractivity contribution in [1.29, 1.82) is 5.26 Å². The normalized spacial score (nSPS) is 17.8. The highest BCUT2D eigenvalue weighted by atomic mass is 35.5. The van der Waals surface area contributed by atoms with Gasteiger partial charge in [0.15, 0.2) is 0 Å². The number of anilines is 1. The van der Waals surface area contributed by atoms with Crippen LogP contribution in [-0.2, 0) is 6.54 Å². The molecule has 1 aromatic carbocycles. The Hall–Kier alpha value is -4.57. The van der Waals surface area contributed by atoms with E-state index in [9.17, 15) is 20.0 Å². The van der Waals surface area contributed by atoms with Crippen LogP contribution in [0.15, 0.2) is 35.3 Å². The van der Waals surface area contributed by atoms with E-state index in [0.29, 0.717) is 61.7 Å². The lowest BCUT2D eigenvalue weighted by Crippen LogP contribution is -2.52. The molecule has 240 valence electrons. The molecule has 2 saturated heterocycles. The molecule has 2 unspecified atom stereocenters. The third-order valence-electron chi connectivity index (χ3n) is 9.39. The number of nitrogens with zero attached hydrogens (tertiary/aromatic N) is 7. The number of hydrogen-bond donors (Lipinski definition) is 1. The van der Waals surface area contributed by atoms with Gasteiger partial charge in [0.2, 0.25) is 0 Å². The van der Waals surface area contributed by atoms with Crippen LogP contribution < -0.4 is 15.2 Å². The van der Waals surface area contributed by atoms with Crippen molar-refractivity contribution in [3.05, 3.63) is 73.4 Å². The molecule has 0 aliphatic carbocycles. The van der Waals surface area contributed by atoms with Crippen molar-refractivity contribution >= 4 is 55.8 Å². The van der Waals surface area contributed by atoms with Crippen molar-refractivity contribution in [3.8, 4) is 22.9 Å². The van der Waals surface area contributed by atoms with E-state index in [1.165, 1.54) is 15.9 Å². The summed E-state index contributed by atoms with van der Waals surface area (Å²) in [5.41, 5.74) is 3.07. The van der Waals surface area contributed by atoms with E-state index in [-0.39, 0.29) is 35.2 Å². The molecule has 0 saturated carbocycles. The number of ether oxygens (including phenoxy) is 1. The predicted octanol–water partition coefficient (Wildman–Crippen LogP) is 5.58. The number of thiophene rings is 1. The first-order valence-electron chi connectivity index (χ1n) is 15.4. The second kappa shape index (κ2) is 11.9. The minimum Gasteiger partial charge on any atom is -0.491 e. The van der Waals surface area contributed by atoms with Gasteiger partial charge in [0.25, 0.3) is 5.56 Å². The van der Waals surface area contributed by atoms with Gasteiger partial charge in [0.05, 0.1) is 39.4 Å². The fourth-order valence-corrected chi connectivity index (χ4v) is 8.33. The largest absolute Gasteiger partial charge is 0.491 e. The van der Waals surface area contributed by atoms with Crippen molar-refractivity contribution in [3.63, 3.8) is 0 Å². The number of hydrogen-bond acceptors (Lipinski definition) is 10. The van der Waals surface area contributed by atoms with Crippen molar-refractivity contribution in [2.24, 2.45) is 0 Å². The lowest BCUT2D eigenvalue weighted by molar-refractivity contribution is 0.0698. The van der Waals surface area contributed by atoms with Gasteiger partial charge in [0.1, 0.15) is 35.6 Å². The van der Waals surface area contributed by atoms with E-state index in [1.807, 2.05) is 13.0 Å². The second-order valence-corrected chi connectivity index (χ2v) is 13.9. The minimum atomic E-state index is -1.02. The molecule has 11 nitrogen and oxygen atoms in total. The van der Waals surface area contributed by atoms with E-state index < -0.39 is 5.97 Å². The number of aromatic nitrogens is 4. The number of carboxylic acids is 1. The number of fused-ring (bicyclic) bond motifs is 4. The summed E-state index contributed by atoms with van der Waals surface area (Å²) in [6.07, 6.45) is 3.82. The molecular weight excluding hydrogens is 638 g/mol. The molecule has 47 heavy (non-hydrogen) atoms. The molecule has 13 heteroatoms. The van der Waals surface area contributed by atoms with E-state index >= 15 is 0 Å². The molecule has 0 radical (unpaired) electrons. The van der Waals surface area contributed by atoms with Gasteiger partial charge < -0.3 is 14.7 Å². The number of carbonyl (C=O) groups is 1. The minimum absolute atomic E-state index is 0.126. The molecule has 2 aliphatic rings. The van der Waals surface area contributed by atoms with Gasteiger partial charge >= 0.3 is 5.97 Å². The maximum absolute atomic E-state index is 14.0. The summed E-state index contributed by atoms with van der Waals surface area (Å²) in [6, 6.07) is 10.2. The maximum atomic E-state index is 14.0. The fraction of sp³-hybridized carbons (Fsp3) is 0.353. The molecule has 0 spiro atoms. The Bertz CT molecular complexity index is 2190. The van der Waals surface area contributed by atoms with E-state index in [2.05, 4.69) is 37.9 Å². The Morgan fingerprint density at radius 2 is 1.89 bits per heavy atom. The van der Waals surface area contributed by atoms with Gasteiger partial charge in [-0.1, -0.05) is 11.6 Å². The zero-order valence-electron chi connectivity index (χ0n) is 26.4. The molecule has 1 N–H and O–H groups in total. The number of benzene rings is 1. The first-order valence-corrected chi connectivity index (χ1v) is 16.6. The summed E-state index contributed by atoms with van der Waals surface area (Å²) in [6.45, 7) is 7.17. The molecule has 0 amide bonds. The van der Waals surface area contributed by atoms with Crippen LogP contribution in [0.5, 0.6) is 5.75 Å². The summed E-state index contributed by atoms with van der Waals surface area (Å²) in [4.78, 5) is 45.1. The van der Waals surface area contributed by atoms with Crippen LogP contribution in [0.25, 0.3) is 32.2 Å². The van der Waals surface area contributed by atoms with E-state index in [1.54, 1.807) is 38.2 Å². The summed E-state index contributed by atoms with van der Waals surface area (Å²) >= 11 is 7.81. The molecule has 2 atom stereocenters.